The number of nitrogens with zero attached hydrogens (tertiary/aromatic N) is 1. The molecule has 0 aromatic heterocycles. The van der Waals surface area contributed by atoms with Crippen molar-refractivity contribution < 1.29 is 4.79 Å². The SMILES string of the molecule is CCCN1CCC[C@@H]2CC(=O)CC[C@@H]21. The highest BCUT2D eigenvalue weighted by atomic mass is 16.1. The van der Waals surface area contributed by atoms with E-state index in [0.29, 0.717) is 11.7 Å². The molecule has 2 nitrogen and oxygen atoms in total. The summed E-state index contributed by atoms with van der Waals surface area (Å²) in [4.78, 5) is 14.0. The summed E-state index contributed by atoms with van der Waals surface area (Å²) in [7, 11) is 0. The first kappa shape index (κ1) is 10.2. The largest absolute Gasteiger partial charge is 0.300 e. The lowest BCUT2D eigenvalue weighted by molar-refractivity contribution is -0.124. The van der Waals surface area contributed by atoms with Crippen LogP contribution in [0.25, 0.3) is 0 Å². The van der Waals surface area contributed by atoms with Gasteiger partial charge in [0.15, 0.2) is 0 Å². The van der Waals surface area contributed by atoms with Crippen LogP contribution in [0.5, 0.6) is 0 Å². The van der Waals surface area contributed by atoms with Gasteiger partial charge in [-0.2, -0.15) is 0 Å². The van der Waals surface area contributed by atoms with Gasteiger partial charge in [-0.05, 0) is 44.7 Å². The molecule has 0 radical (unpaired) electrons. The molecule has 1 heterocycles. The molecule has 2 aliphatic rings. The highest BCUT2D eigenvalue weighted by molar-refractivity contribution is 5.79. The highest BCUT2D eigenvalue weighted by Crippen LogP contribution is 2.33. The van der Waals surface area contributed by atoms with E-state index in [1.54, 1.807) is 0 Å². The third-order valence-electron chi connectivity index (χ3n) is 3.75. The zero-order chi connectivity index (χ0) is 9.97. The summed E-state index contributed by atoms with van der Waals surface area (Å²) >= 11 is 0. The van der Waals surface area contributed by atoms with Gasteiger partial charge >= 0.3 is 0 Å². The quantitative estimate of drug-likeness (QED) is 0.673. The van der Waals surface area contributed by atoms with Gasteiger partial charge in [-0.1, -0.05) is 6.92 Å². The molecule has 80 valence electrons. The van der Waals surface area contributed by atoms with E-state index in [4.69, 9.17) is 0 Å². The summed E-state index contributed by atoms with van der Waals surface area (Å²) in [5, 5.41) is 0. The molecule has 0 N–H and O–H groups in total. The fourth-order valence-corrected chi connectivity index (χ4v) is 3.14. The minimum absolute atomic E-state index is 0.504. The van der Waals surface area contributed by atoms with Crippen LogP contribution in [0.3, 0.4) is 0 Å². The van der Waals surface area contributed by atoms with Crippen LogP contribution in [0.4, 0.5) is 0 Å². The van der Waals surface area contributed by atoms with E-state index >= 15 is 0 Å². The van der Waals surface area contributed by atoms with E-state index in [0.717, 1.165) is 25.3 Å². The van der Waals surface area contributed by atoms with Crippen LogP contribution in [0.2, 0.25) is 0 Å². The molecule has 1 saturated carbocycles. The summed E-state index contributed by atoms with van der Waals surface area (Å²) in [6.07, 6.45) is 6.66. The van der Waals surface area contributed by atoms with Gasteiger partial charge in [0.25, 0.3) is 0 Å². The van der Waals surface area contributed by atoms with Crippen LogP contribution in [0.15, 0.2) is 0 Å². The average Bonchev–Trinajstić information content (AvgIpc) is 2.18. The smallest absolute Gasteiger partial charge is 0.133 e. The summed E-state index contributed by atoms with van der Waals surface area (Å²) < 4.78 is 0. The van der Waals surface area contributed by atoms with Gasteiger partial charge in [0.1, 0.15) is 5.78 Å². The number of ketones is 1. The molecule has 0 aromatic carbocycles. The summed E-state index contributed by atoms with van der Waals surface area (Å²) in [6, 6.07) is 0.737. The van der Waals surface area contributed by atoms with Crippen LogP contribution in [0, 0.1) is 5.92 Å². The molecule has 2 heteroatoms. The topological polar surface area (TPSA) is 20.3 Å². The Morgan fingerprint density at radius 2 is 2.29 bits per heavy atom. The molecular weight excluding hydrogens is 174 g/mol. The number of Topliss-reactive ketones (excluding diaryl/α,β-unsaturated/α-hetero) is 1. The molecule has 0 bridgehead atoms. The van der Waals surface area contributed by atoms with Crippen molar-refractivity contribution in [3.8, 4) is 0 Å². The zero-order valence-electron chi connectivity index (χ0n) is 9.17. The van der Waals surface area contributed by atoms with E-state index in [9.17, 15) is 4.79 Å². The minimum atomic E-state index is 0.504. The normalized spacial score (nSPS) is 34.2. The Labute approximate surface area is 86.7 Å². The van der Waals surface area contributed by atoms with Gasteiger partial charge in [-0.25, -0.2) is 0 Å². The number of hydrogen-bond donors (Lipinski definition) is 0. The predicted molar refractivity (Wildman–Crippen MR) is 57.2 cm³/mol. The molecular formula is C12H21NO. The summed E-state index contributed by atoms with van der Waals surface area (Å²) in [5.74, 6) is 1.20. The predicted octanol–water partition coefficient (Wildman–Crippen LogP) is 2.23. The molecule has 1 aliphatic heterocycles. The summed E-state index contributed by atoms with van der Waals surface area (Å²) in [6.45, 7) is 4.75. The Balaban J connectivity index is 1.98. The van der Waals surface area contributed by atoms with Crippen molar-refractivity contribution >= 4 is 5.78 Å². The van der Waals surface area contributed by atoms with Crippen molar-refractivity contribution in [2.24, 2.45) is 5.92 Å². The van der Waals surface area contributed by atoms with E-state index < -0.39 is 0 Å². The molecule has 0 spiro atoms. The van der Waals surface area contributed by atoms with Gasteiger partial charge in [0, 0.05) is 18.9 Å². The average molecular weight is 195 g/mol. The van der Waals surface area contributed by atoms with Crippen molar-refractivity contribution in [2.75, 3.05) is 13.1 Å². The monoisotopic (exact) mass is 195 g/mol. The fourth-order valence-electron chi connectivity index (χ4n) is 3.14. The minimum Gasteiger partial charge on any atom is -0.300 e. The first-order valence-corrected chi connectivity index (χ1v) is 6.07. The first-order valence-electron chi connectivity index (χ1n) is 6.07. The van der Waals surface area contributed by atoms with Gasteiger partial charge in [0.2, 0.25) is 0 Å². The number of rotatable bonds is 2. The number of carbonyl (C=O) groups excluding carboxylic acids is 1. The van der Waals surface area contributed by atoms with Crippen LogP contribution >= 0.6 is 0 Å². The molecule has 1 saturated heterocycles. The van der Waals surface area contributed by atoms with Crippen molar-refractivity contribution in [1.29, 1.82) is 0 Å². The number of fused-ring (bicyclic) bond motifs is 1. The van der Waals surface area contributed by atoms with E-state index in [1.165, 1.54) is 32.4 Å². The van der Waals surface area contributed by atoms with Crippen LogP contribution in [-0.2, 0) is 4.79 Å². The highest BCUT2D eigenvalue weighted by Gasteiger charge is 2.35. The van der Waals surface area contributed by atoms with E-state index in [1.807, 2.05) is 0 Å². The van der Waals surface area contributed by atoms with Crippen molar-refractivity contribution in [1.82, 2.24) is 4.90 Å². The van der Waals surface area contributed by atoms with Crippen LogP contribution < -0.4 is 0 Å². The summed E-state index contributed by atoms with van der Waals surface area (Å²) in [5.41, 5.74) is 0. The van der Waals surface area contributed by atoms with E-state index in [2.05, 4.69) is 11.8 Å². The standard InChI is InChI=1S/C12H21NO/c1-2-7-13-8-3-4-10-9-11(14)5-6-12(10)13/h10,12H,2-9H2,1H3/t10-,12+/m1/s1. The van der Waals surface area contributed by atoms with Gasteiger partial charge in [0.05, 0.1) is 0 Å². The Morgan fingerprint density at radius 3 is 3.07 bits per heavy atom. The number of piperidine rings is 1. The third-order valence-corrected chi connectivity index (χ3v) is 3.75. The fraction of sp³-hybridized carbons (Fsp3) is 0.917. The van der Waals surface area contributed by atoms with Crippen LogP contribution in [0.1, 0.15) is 45.4 Å². The number of carbonyl (C=O) groups is 1. The van der Waals surface area contributed by atoms with Gasteiger partial charge in [-0.15, -0.1) is 0 Å². The lowest BCUT2D eigenvalue weighted by atomic mass is 9.78. The lowest BCUT2D eigenvalue weighted by Crippen LogP contribution is -2.48. The second-order valence-electron chi connectivity index (χ2n) is 4.79. The second-order valence-corrected chi connectivity index (χ2v) is 4.79. The molecule has 2 atom stereocenters. The third kappa shape index (κ3) is 2.00. The van der Waals surface area contributed by atoms with Crippen molar-refractivity contribution in [3.63, 3.8) is 0 Å². The lowest BCUT2D eigenvalue weighted by Gasteiger charge is -2.43. The Morgan fingerprint density at radius 1 is 1.43 bits per heavy atom. The maximum atomic E-state index is 11.4. The molecule has 0 unspecified atom stereocenters. The van der Waals surface area contributed by atoms with E-state index in [-0.39, 0.29) is 0 Å². The Bertz CT molecular complexity index is 212. The molecule has 2 rings (SSSR count). The zero-order valence-corrected chi connectivity index (χ0v) is 9.17. The van der Waals surface area contributed by atoms with Gasteiger partial charge < -0.3 is 4.90 Å². The maximum Gasteiger partial charge on any atom is 0.133 e. The maximum absolute atomic E-state index is 11.4. The first-order chi connectivity index (χ1) is 6.81. The molecule has 1 aliphatic carbocycles. The Kier molecular flexibility index (Phi) is 3.22. The second kappa shape index (κ2) is 4.43. The van der Waals surface area contributed by atoms with Crippen molar-refractivity contribution in [2.45, 2.75) is 51.5 Å². The molecule has 0 amide bonds. The molecule has 2 fully saturated rings. The van der Waals surface area contributed by atoms with Crippen molar-refractivity contribution in [3.05, 3.63) is 0 Å². The number of hydrogen-bond acceptors (Lipinski definition) is 2. The van der Waals surface area contributed by atoms with Gasteiger partial charge in [-0.3, -0.25) is 4.79 Å². The van der Waals surface area contributed by atoms with Crippen LogP contribution in [-0.4, -0.2) is 29.8 Å². The Hall–Kier alpha value is -0.370. The molecule has 0 aromatic rings. The molecule has 14 heavy (non-hydrogen) atoms. The number of likely N-dealkylation sites (tertiary alicyclic amines) is 1.